The third-order valence-electron chi connectivity index (χ3n) is 3.77. The highest BCUT2D eigenvalue weighted by Crippen LogP contribution is 2.71. The fourth-order valence-electron chi connectivity index (χ4n) is 2.72. The highest BCUT2D eigenvalue weighted by molar-refractivity contribution is 7.72. The van der Waals surface area contributed by atoms with Gasteiger partial charge in [0.1, 0.15) is 0 Å². The van der Waals surface area contributed by atoms with E-state index in [2.05, 4.69) is 0 Å². The highest BCUT2D eigenvalue weighted by Gasteiger charge is 2.64. The van der Waals surface area contributed by atoms with Gasteiger partial charge in [0, 0.05) is 25.2 Å². The minimum Gasteiger partial charge on any atom is -0.374 e. The first kappa shape index (κ1) is 16.6. The second-order valence-corrected chi connectivity index (χ2v) is 9.08. The van der Waals surface area contributed by atoms with Gasteiger partial charge in [-0.1, -0.05) is 18.2 Å². The molecule has 0 aromatic heterocycles. The quantitative estimate of drug-likeness (QED) is 0.496. The van der Waals surface area contributed by atoms with Crippen LogP contribution < -0.4 is 4.90 Å². The molecule has 1 heterocycles. The summed E-state index contributed by atoms with van der Waals surface area (Å²) in [5.41, 5.74) is 1.46. The average Bonchev–Trinajstić information content (AvgIpc) is 2.35. The lowest BCUT2D eigenvalue weighted by molar-refractivity contribution is 0.0791. The summed E-state index contributed by atoms with van der Waals surface area (Å²) in [7, 11) is -9.27. The normalized spacial score (nSPS) is 20.3. The Labute approximate surface area is 121 Å². The van der Waals surface area contributed by atoms with Crippen LogP contribution in [0.15, 0.2) is 24.3 Å². The molecule has 1 aromatic rings. The van der Waals surface area contributed by atoms with Crippen LogP contribution in [-0.2, 0) is 15.6 Å². The third-order valence-corrected chi connectivity index (χ3v) is 7.78. The topological polar surface area (TPSA) is 139 Å². The van der Waals surface area contributed by atoms with Gasteiger partial charge in [-0.3, -0.25) is 9.13 Å². The molecule has 0 aliphatic carbocycles. The molecule has 8 nitrogen and oxygen atoms in total. The van der Waals surface area contributed by atoms with Gasteiger partial charge in [0.2, 0.25) is 0 Å². The number of hydrogen-bond acceptors (Lipinski definition) is 4. The van der Waals surface area contributed by atoms with Gasteiger partial charge in [-0.05, 0) is 18.1 Å². The standard InChI is InChI=1S/C11H17NO7P2/c1-12-7-9(6-8-4-2-3-5-10(8)12)11(13,20(14,15)16)21(17,18)19/h2-5,9,13H,6-7H2,1H3,(H2,14,15,16)(H2,17,18,19). The van der Waals surface area contributed by atoms with E-state index in [1.165, 1.54) is 0 Å². The van der Waals surface area contributed by atoms with Gasteiger partial charge in [-0.15, -0.1) is 0 Å². The fourth-order valence-corrected chi connectivity index (χ4v) is 5.37. The molecule has 0 fully saturated rings. The molecule has 10 heteroatoms. The van der Waals surface area contributed by atoms with Gasteiger partial charge in [0.05, 0.1) is 0 Å². The zero-order valence-corrected chi connectivity index (χ0v) is 13.0. The van der Waals surface area contributed by atoms with E-state index in [0.29, 0.717) is 5.56 Å². The Hall–Kier alpha value is -0.720. The van der Waals surface area contributed by atoms with E-state index in [1.54, 1.807) is 36.2 Å². The molecule has 1 unspecified atom stereocenters. The number of para-hydroxylation sites is 1. The Kier molecular flexibility index (Phi) is 4.10. The number of rotatable bonds is 3. The van der Waals surface area contributed by atoms with E-state index in [-0.39, 0.29) is 13.0 Å². The minimum absolute atomic E-state index is 0.0345. The summed E-state index contributed by atoms with van der Waals surface area (Å²) in [6.45, 7) is -0.0796. The van der Waals surface area contributed by atoms with Crippen LogP contribution in [0.4, 0.5) is 5.69 Å². The van der Waals surface area contributed by atoms with E-state index in [0.717, 1.165) is 5.69 Å². The molecule has 5 N–H and O–H groups in total. The van der Waals surface area contributed by atoms with E-state index >= 15 is 0 Å². The molecule has 1 aliphatic rings. The maximum Gasteiger partial charge on any atom is 0.369 e. The molecule has 0 saturated carbocycles. The monoisotopic (exact) mass is 337 g/mol. The lowest BCUT2D eigenvalue weighted by atomic mass is 9.93. The van der Waals surface area contributed by atoms with Gasteiger partial charge < -0.3 is 29.6 Å². The maximum atomic E-state index is 11.6. The van der Waals surface area contributed by atoms with Crippen LogP contribution in [0.1, 0.15) is 5.56 Å². The van der Waals surface area contributed by atoms with Crippen molar-refractivity contribution < 1.29 is 33.8 Å². The summed E-state index contributed by atoms with van der Waals surface area (Å²) in [5, 5.41) is 6.81. The summed E-state index contributed by atoms with van der Waals surface area (Å²) in [5.74, 6) is -1.29. The second kappa shape index (κ2) is 5.18. The van der Waals surface area contributed by atoms with Crippen LogP contribution in [0.25, 0.3) is 0 Å². The van der Waals surface area contributed by atoms with Gasteiger partial charge in [-0.2, -0.15) is 0 Å². The largest absolute Gasteiger partial charge is 0.374 e. The summed E-state index contributed by atoms with van der Waals surface area (Å²) in [4.78, 5) is 38.8. The molecule has 0 bridgehead atoms. The van der Waals surface area contributed by atoms with Crippen LogP contribution in [0.2, 0.25) is 0 Å². The second-order valence-electron chi connectivity index (χ2n) is 5.19. The highest BCUT2D eigenvalue weighted by atomic mass is 31.2. The molecule has 0 spiro atoms. The number of fused-ring (bicyclic) bond motifs is 1. The smallest absolute Gasteiger partial charge is 0.369 e. The van der Waals surface area contributed by atoms with E-state index < -0.39 is 26.2 Å². The zero-order chi connectivity index (χ0) is 16.1. The molecule has 2 rings (SSSR count). The van der Waals surface area contributed by atoms with Crippen LogP contribution in [0.3, 0.4) is 0 Å². The first-order valence-electron chi connectivity index (χ1n) is 6.11. The average molecular weight is 337 g/mol. The first-order chi connectivity index (χ1) is 9.48. The van der Waals surface area contributed by atoms with Gasteiger partial charge in [0.25, 0.3) is 5.08 Å². The Morgan fingerprint density at radius 3 is 2.19 bits per heavy atom. The lowest BCUT2D eigenvalue weighted by Gasteiger charge is -2.42. The van der Waals surface area contributed by atoms with Crippen molar-refractivity contribution in [3.63, 3.8) is 0 Å². The SMILES string of the molecule is CN1CC(C(O)(P(=O)(O)O)P(=O)(O)O)Cc2ccccc21. The fraction of sp³-hybridized carbons (Fsp3) is 0.455. The van der Waals surface area contributed by atoms with Crippen molar-refractivity contribution in [2.24, 2.45) is 5.92 Å². The predicted octanol–water partition coefficient (Wildman–Crippen LogP) is 0.297. The minimum atomic E-state index is -5.45. The van der Waals surface area contributed by atoms with Gasteiger partial charge in [0.15, 0.2) is 0 Å². The van der Waals surface area contributed by atoms with Crippen LogP contribution in [-0.4, -0.2) is 43.4 Å². The van der Waals surface area contributed by atoms with Crippen LogP contribution >= 0.6 is 15.2 Å². The number of anilines is 1. The van der Waals surface area contributed by atoms with E-state index in [1.807, 2.05) is 0 Å². The van der Waals surface area contributed by atoms with Crippen molar-refractivity contribution in [3.8, 4) is 0 Å². The summed E-state index contributed by atoms with van der Waals surface area (Å²) < 4.78 is 23.1. The van der Waals surface area contributed by atoms with E-state index in [4.69, 9.17) is 0 Å². The van der Waals surface area contributed by atoms with Crippen LogP contribution in [0, 0.1) is 5.92 Å². The van der Waals surface area contributed by atoms with Crippen molar-refractivity contribution in [2.45, 2.75) is 11.5 Å². The molecule has 118 valence electrons. The third kappa shape index (κ3) is 2.69. The molecular weight excluding hydrogens is 320 g/mol. The zero-order valence-electron chi connectivity index (χ0n) is 11.2. The lowest BCUT2D eigenvalue weighted by Crippen LogP contribution is -2.47. The van der Waals surface area contributed by atoms with Crippen molar-refractivity contribution in [1.29, 1.82) is 0 Å². The molecule has 0 saturated heterocycles. The Bertz CT molecular complexity index is 615. The summed E-state index contributed by atoms with van der Waals surface area (Å²) in [6.07, 6.45) is -0.0345. The molecule has 0 amide bonds. The molecule has 0 radical (unpaired) electrons. The van der Waals surface area contributed by atoms with Crippen molar-refractivity contribution in [3.05, 3.63) is 29.8 Å². The summed E-state index contributed by atoms with van der Waals surface area (Å²) in [6, 6.07) is 6.98. The van der Waals surface area contributed by atoms with Gasteiger partial charge >= 0.3 is 15.2 Å². The number of aliphatic hydroxyl groups is 1. The Balaban J connectivity index is 2.51. The van der Waals surface area contributed by atoms with Crippen molar-refractivity contribution in [1.82, 2.24) is 0 Å². The molecule has 21 heavy (non-hydrogen) atoms. The molecular formula is C11H17NO7P2. The number of benzene rings is 1. The molecule has 1 atom stereocenters. The predicted molar refractivity (Wildman–Crippen MR) is 75.9 cm³/mol. The molecule has 1 aliphatic heterocycles. The van der Waals surface area contributed by atoms with Crippen molar-refractivity contribution in [2.75, 3.05) is 18.5 Å². The molecule has 1 aromatic carbocycles. The summed E-state index contributed by atoms with van der Waals surface area (Å²) >= 11 is 0. The number of nitrogens with zero attached hydrogens (tertiary/aromatic N) is 1. The Morgan fingerprint density at radius 1 is 1.14 bits per heavy atom. The number of hydrogen-bond donors (Lipinski definition) is 5. The Morgan fingerprint density at radius 2 is 1.67 bits per heavy atom. The van der Waals surface area contributed by atoms with E-state index in [9.17, 15) is 33.8 Å². The van der Waals surface area contributed by atoms with Gasteiger partial charge in [-0.25, -0.2) is 0 Å². The van der Waals surface area contributed by atoms with Crippen LogP contribution in [0.5, 0.6) is 0 Å². The maximum absolute atomic E-state index is 11.6. The first-order valence-corrected chi connectivity index (χ1v) is 9.33. The van der Waals surface area contributed by atoms with Crippen molar-refractivity contribution >= 4 is 20.9 Å².